The van der Waals surface area contributed by atoms with E-state index in [4.69, 9.17) is 5.73 Å². The molecule has 0 aliphatic rings. The largest absolute Gasteiger partial charge is 0.351 e. The van der Waals surface area contributed by atoms with Crippen LogP contribution in [0.5, 0.6) is 0 Å². The van der Waals surface area contributed by atoms with Gasteiger partial charge in [-0.1, -0.05) is 19.8 Å². The van der Waals surface area contributed by atoms with Gasteiger partial charge in [-0.2, -0.15) is 11.3 Å². The van der Waals surface area contributed by atoms with Crippen LogP contribution in [0.25, 0.3) is 0 Å². The lowest BCUT2D eigenvalue weighted by molar-refractivity contribution is -0.122. The third-order valence-corrected chi connectivity index (χ3v) is 2.98. The summed E-state index contributed by atoms with van der Waals surface area (Å²) in [7, 11) is 0. The molecule has 1 heterocycles. The number of amides is 1. The molecule has 84 valence electrons. The molecule has 0 saturated heterocycles. The summed E-state index contributed by atoms with van der Waals surface area (Å²) in [6.45, 7) is 2.68. The lowest BCUT2D eigenvalue weighted by Crippen LogP contribution is -2.40. The Morgan fingerprint density at radius 2 is 2.47 bits per heavy atom. The molecule has 0 aromatic carbocycles. The van der Waals surface area contributed by atoms with Crippen LogP contribution in [0.15, 0.2) is 16.8 Å². The molecule has 4 heteroatoms. The molecule has 1 aromatic rings. The number of nitrogens with two attached hydrogens (primary N) is 1. The fourth-order valence-electron chi connectivity index (χ4n) is 1.27. The Kier molecular flexibility index (Phi) is 5.36. The number of carbonyl (C=O) groups excluding carboxylic acids is 1. The van der Waals surface area contributed by atoms with Gasteiger partial charge < -0.3 is 11.1 Å². The fraction of sp³-hybridized carbons (Fsp3) is 0.545. The lowest BCUT2D eigenvalue weighted by atomic mass is 10.1. The van der Waals surface area contributed by atoms with E-state index in [0.717, 1.165) is 24.8 Å². The fourth-order valence-corrected chi connectivity index (χ4v) is 1.94. The average Bonchev–Trinajstić information content (AvgIpc) is 2.75. The quantitative estimate of drug-likeness (QED) is 0.778. The second kappa shape index (κ2) is 6.58. The van der Waals surface area contributed by atoms with E-state index in [0.29, 0.717) is 6.54 Å². The molecule has 3 N–H and O–H groups in total. The van der Waals surface area contributed by atoms with Gasteiger partial charge in [-0.05, 0) is 28.8 Å². The molecule has 0 aliphatic heterocycles. The van der Waals surface area contributed by atoms with Gasteiger partial charge in [0, 0.05) is 6.54 Å². The van der Waals surface area contributed by atoms with Crippen LogP contribution < -0.4 is 11.1 Å². The molecular formula is C11H18N2OS. The van der Waals surface area contributed by atoms with E-state index >= 15 is 0 Å². The molecule has 0 fully saturated rings. The molecule has 0 spiro atoms. The second-order valence-corrected chi connectivity index (χ2v) is 4.38. The van der Waals surface area contributed by atoms with Crippen LogP contribution in [0.1, 0.15) is 31.7 Å². The summed E-state index contributed by atoms with van der Waals surface area (Å²) in [5.74, 6) is -0.0466. The van der Waals surface area contributed by atoms with Gasteiger partial charge >= 0.3 is 0 Å². The molecule has 1 atom stereocenters. The van der Waals surface area contributed by atoms with E-state index in [1.54, 1.807) is 11.3 Å². The highest BCUT2D eigenvalue weighted by atomic mass is 32.1. The molecule has 1 aromatic heterocycles. The van der Waals surface area contributed by atoms with Gasteiger partial charge in [0.15, 0.2) is 0 Å². The van der Waals surface area contributed by atoms with Gasteiger partial charge in [-0.3, -0.25) is 4.79 Å². The smallest absolute Gasteiger partial charge is 0.237 e. The predicted octanol–water partition coefficient (Wildman–Crippen LogP) is 1.88. The molecule has 15 heavy (non-hydrogen) atoms. The Labute approximate surface area is 94.7 Å². The minimum absolute atomic E-state index is 0.0466. The van der Waals surface area contributed by atoms with E-state index in [2.05, 4.69) is 12.2 Å². The van der Waals surface area contributed by atoms with Crippen LogP contribution in [-0.2, 0) is 11.3 Å². The summed E-state index contributed by atoms with van der Waals surface area (Å²) in [5.41, 5.74) is 6.87. The molecule has 0 radical (unpaired) electrons. The van der Waals surface area contributed by atoms with Crippen molar-refractivity contribution in [3.63, 3.8) is 0 Å². The van der Waals surface area contributed by atoms with Gasteiger partial charge in [-0.15, -0.1) is 0 Å². The molecule has 3 nitrogen and oxygen atoms in total. The minimum Gasteiger partial charge on any atom is -0.351 e. The van der Waals surface area contributed by atoms with Gasteiger partial charge in [0.2, 0.25) is 5.91 Å². The first-order valence-electron chi connectivity index (χ1n) is 5.28. The summed E-state index contributed by atoms with van der Waals surface area (Å²) in [6, 6.07) is 1.64. The molecular weight excluding hydrogens is 208 g/mol. The first-order chi connectivity index (χ1) is 7.24. The van der Waals surface area contributed by atoms with Gasteiger partial charge in [0.05, 0.1) is 6.04 Å². The van der Waals surface area contributed by atoms with Gasteiger partial charge in [-0.25, -0.2) is 0 Å². The van der Waals surface area contributed by atoms with Crippen molar-refractivity contribution in [2.45, 2.75) is 38.8 Å². The van der Waals surface area contributed by atoms with Crippen molar-refractivity contribution in [1.82, 2.24) is 5.32 Å². The van der Waals surface area contributed by atoms with Crippen LogP contribution >= 0.6 is 11.3 Å². The maximum atomic E-state index is 11.5. The Bertz CT molecular complexity index is 285. The van der Waals surface area contributed by atoms with Crippen molar-refractivity contribution in [1.29, 1.82) is 0 Å². The normalized spacial score (nSPS) is 12.4. The number of thiophene rings is 1. The van der Waals surface area contributed by atoms with Crippen molar-refractivity contribution < 1.29 is 4.79 Å². The van der Waals surface area contributed by atoms with Crippen LogP contribution in [0.4, 0.5) is 0 Å². The van der Waals surface area contributed by atoms with Crippen molar-refractivity contribution in [2.75, 3.05) is 0 Å². The number of unbranched alkanes of at least 4 members (excludes halogenated alkanes) is 1. The molecule has 1 unspecified atom stereocenters. The number of rotatable bonds is 6. The Morgan fingerprint density at radius 1 is 1.67 bits per heavy atom. The third-order valence-electron chi connectivity index (χ3n) is 2.25. The zero-order valence-corrected chi connectivity index (χ0v) is 9.85. The lowest BCUT2D eigenvalue weighted by Gasteiger charge is -2.10. The highest BCUT2D eigenvalue weighted by Crippen LogP contribution is 2.05. The molecule has 1 amide bonds. The number of hydrogen-bond acceptors (Lipinski definition) is 3. The summed E-state index contributed by atoms with van der Waals surface area (Å²) >= 11 is 1.63. The zero-order valence-electron chi connectivity index (χ0n) is 9.03. The second-order valence-electron chi connectivity index (χ2n) is 3.60. The number of carbonyl (C=O) groups is 1. The van der Waals surface area contributed by atoms with Crippen molar-refractivity contribution in [3.05, 3.63) is 22.4 Å². The van der Waals surface area contributed by atoms with Crippen molar-refractivity contribution in [3.8, 4) is 0 Å². The third kappa shape index (κ3) is 4.44. The highest BCUT2D eigenvalue weighted by Gasteiger charge is 2.11. The topological polar surface area (TPSA) is 55.1 Å². The summed E-state index contributed by atoms with van der Waals surface area (Å²) in [4.78, 5) is 11.5. The maximum Gasteiger partial charge on any atom is 0.237 e. The minimum atomic E-state index is -0.358. The number of nitrogens with one attached hydrogen (secondary N) is 1. The molecule has 0 saturated carbocycles. The maximum absolute atomic E-state index is 11.5. The number of hydrogen-bond donors (Lipinski definition) is 2. The monoisotopic (exact) mass is 226 g/mol. The van der Waals surface area contributed by atoms with Crippen LogP contribution in [0.2, 0.25) is 0 Å². The predicted molar refractivity (Wildman–Crippen MR) is 63.7 cm³/mol. The zero-order chi connectivity index (χ0) is 11.1. The van der Waals surface area contributed by atoms with Crippen LogP contribution in [0.3, 0.4) is 0 Å². The first-order valence-corrected chi connectivity index (χ1v) is 6.22. The molecule has 0 bridgehead atoms. The van der Waals surface area contributed by atoms with E-state index in [1.807, 2.05) is 16.8 Å². The summed E-state index contributed by atoms with van der Waals surface area (Å²) in [5, 5.41) is 6.86. The highest BCUT2D eigenvalue weighted by molar-refractivity contribution is 7.07. The van der Waals surface area contributed by atoms with E-state index in [1.165, 1.54) is 0 Å². The SMILES string of the molecule is CCCCC(N)C(=O)NCc1ccsc1. The summed E-state index contributed by atoms with van der Waals surface area (Å²) in [6.07, 6.45) is 2.85. The average molecular weight is 226 g/mol. The molecule has 1 rings (SSSR count). The van der Waals surface area contributed by atoms with Crippen molar-refractivity contribution >= 4 is 17.2 Å². The Balaban J connectivity index is 2.23. The van der Waals surface area contributed by atoms with E-state index in [9.17, 15) is 4.79 Å². The Morgan fingerprint density at radius 3 is 3.07 bits per heavy atom. The molecule has 0 aliphatic carbocycles. The van der Waals surface area contributed by atoms with Gasteiger partial charge in [0.25, 0.3) is 0 Å². The van der Waals surface area contributed by atoms with E-state index < -0.39 is 0 Å². The van der Waals surface area contributed by atoms with Crippen LogP contribution in [0, 0.1) is 0 Å². The summed E-state index contributed by atoms with van der Waals surface area (Å²) < 4.78 is 0. The van der Waals surface area contributed by atoms with Crippen LogP contribution in [-0.4, -0.2) is 11.9 Å². The standard InChI is InChI=1S/C11H18N2OS/c1-2-3-4-10(12)11(14)13-7-9-5-6-15-8-9/h5-6,8,10H,2-4,7,12H2,1H3,(H,13,14). The first kappa shape index (κ1) is 12.2. The van der Waals surface area contributed by atoms with E-state index in [-0.39, 0.29) is 11.9 Å². The Hall–Kier alpha value is -0.870. The van der Waals surface area contributed by atoms with Crippen molar-refractivity contribution in [2.24, 2.45) is 5.73 Å². The van der Waals surface area contributed by atoms with Gasteiger partial charge in [0.1, 0.15) is 0 Å².